The molecule has 0 spiro atoms. The third kappa shape index (κ3) is 1.78. The monoisotopic (exact) mass is 204 g/mol. The molecule has 14 heavy (non-hydrogen) atoms. The molecule has 0 amide bonds. The molecule has 2 saturated heterocycles. The van der Waals surface area contributed by atoms with Crippen molar-refractivity contribution in [2.75, 3.05) is 6.61 Å². The van der Waals surface area contributed by atoms with E-state index in [9.17, 15) is 5.11 Å². The quantitative estimate of drug-likeness (QED) is 0.641. The van der Waals surface area contributed by atoms with E-state index >= 15 is 0 Å². The van der Waals surface area contributed by atoms with E-state index in [-0.39, 0.29) is 18.8 Å². The van der Waals surface area contributed by atoms with Crippen LogP contribution in [0.15, 0.2) is 0 Å². The second kappa shape index (κ2) is 3.43. The second-order valence-corrected chi connectivity index (χ2v) is 4.20. The molecule has 0 aromatic rings. The molecule has 0 radical (unpaired) electrons. The summed E-state index contributed by atoms with van der Waals surface area (Å²) in [4.78, 5) is 0. The number of aliphatic hydroxyl groups excluding tert-OH is 2. The molecule has 2 aliphatic heterocycles. The van der Waals surface area contributed by atoms with Crippen molar-refractivity contribution in [3.05, 3.63) is 0 Å². The Morgan fingerprint density at radius 1 is 1.43 bits per heavy atom. The first-order chi connectivity index (χ1) is 6.52. The van der Waals surface area contributed by atoms with E-state index in [1.807, 2.05) is 13.8 Å². The Morgan fingerprint density at radius 3 is 2.71 bits per heavy atom. The van der Waals surface area contributed by atoms with Gasteiger partial charge in [-0.3, -0.25) is 0 Å². The van der Waals surface area contributed by atoms with Crippen molar-refractivity contribution >= 4 is 0 Å². The van der Waals surface area contributed by atoms with Crippen molar-refractivity contribution in [3.63, 3.8) is 0 Å². The Bertz CT molecular complexity index is 201. The van der Waals surface area contributed by atoms with E-state index in [0.717, 1.165) is 0 Å². The maximum Gasteiger partial charge on any atom is 0.187 e. The van der Waals surface area contributed by atoms with Gasteiger partial charge in [-0.05, 0) is 13.8 Å². The molecule has 0 bridgehead atoms. The van der Waals surface area contributed by atoms with E-state index < -0.39 is 18.2 Å². The van der Waals surface area contributed by atoms with Crippen molar-refractivity contribution in [2.45, 2.75) is 50.7 Å². The van der Waals surface area contributed by atoms with Gasteiger partial charge in [0.2, 0.25) is 0 Å². The van der Waals surface area contributed by atoms with Gasteiger partial charge in [-0.25, -0.2) is 0 Å². The molecular formula is C9H16O5. The van der Waals surface area contributed by atoms with Crippen LogP contribution in [0.25, 0.3) is 0 Å². The van der Waals surface area contributed by atoms with Gasteiger partial charge in [0, 0.05) is 6.42 Å². The molecule has 5 heteroatoms. The molecule has 82 valence electrons. The normalized spacial score (nSPS) is 42.4. The average Bonchev–Trinajstić information content (AvgIpc) is 2.56. The fourth-order valence-corrected chi connectivity index (χ4v) is 1.90. The Kier molecular flexibility index (Phi) is 2.53. The van der Waals surface area contributed by atoms with Gasteiger partial charge >= 0.3 is 0 Å². The topological polar surface area (TPSA) is 68.2 Å². The smallest absolute Gasteiger partial charge is 0.187 e. The summed E-state index contributed by atoms with van der Waals surface area (Å²) >= 11 is 0. The summed E-state index contributed by atoms with van der Waals surface area (Å²) in [5.74, 6) is -0.607. The molecule has 2 rings (SSSR count). The number of fused-ring (bicyclic) bond motifs is 1. The molecular weight excluding hydrogens is 188 g/mol. The molecule has 0 aromatic heterocycles. The van der Waals surface area contributed by atoms with Gasteiger partial charge in [-0.2, -0.15) is 0 Å². The predicted molar refractivity (Wildman–Crippen MR) is 46.4 cm³/mol. The minimum absolute atomic E-state index is 0.129. The SMILES string of the molecule is CC1(C)O[C@H]2OC([C@H](O)CO)C[C@H]2O1. The van der Waals surface area contributed by atoms with Gasteiger partial charge in [0.05, 0.1) is 12.7 Å². The summed E-state index contributed by atoms with van der Waals surface area (Å²) in [5.41, 5.74) is 0. The van der Waals surface area contributed by atoms with Crippen molar-refractivity contribution in [2.24, 2.45) is 0 Å². The maximum absolute atomic E-state index is 9.36. The van der Waals surface area contributed by atoms with Crippen LogP contribution < -0.4 is 0 Å². The fraction of sp³-hybridized carbons (Fsp3) is 1.00. The van der Waals surface area contributed by atoms with Crippen LogP contribution in [0.2, 0.25) is 0 Å². The van der Waals surface area contributed by atoms with Crippen molar-refractivity contribution in [3.8, 4) is 0 Å². The summed E-state index contributed by atoms with van der Waals surface area (Å²) in [6.45, 7) is 3.35. The summed E-state index contributed by atoms with van der Waals surface area (Å²) in [5, 5.41) is 18.1. The van der Waals surface area contributed by atoms with Gasteiger partial charge in [0.15, 0.2) is 12.1 Å². The van der Waals surface area contributed by atoms with Crippen LogP contribution in [0.5, 0.6) is 0 Å². The Labute approximate surface area is 82.6 Å². The van der Waals surface area contributed by atoms with Crippen LogP contribution in [0.3, 0.4) is 0 Å². The van der Waals surface area contributed by atoms with Crippen LogP contribution >= 0.6 is 0 Å². The molecule has 2 N–H and O–H groups in total. The molecule has 2 fully saturated rings. The molecule has 2 heterocycles. The van der Waals surface area contributed by atoms with Crippen LogP contribution in [-0.4, -0.2) is 47.2 Å². The highest BCUT2D eigenvalue weighted by Gasteiger charge is 2.49. The number of ether oxygens (including phenoxy) is 3. The van der Waals surface area contributed by atoms with Gasteiger partial charge in [0.1, 0.15) is 12.2 Å². The Balaban J connectivity index is 1.93. The lowest BCUT2D eigenvalue weighted by Gasteiger charge is -2.22. The number of hydrogen-bond acceptors (Lipinski definition) is 5. The average molecular weight is 204 g/mol. The fourth-order valence-electron chi connectivity index (χ4n) is 1.90. The predicted octanol–water partition coefficient (Wildman–Crippen LogP) is -0.394. The van der Waals surface area contributed by atoms with Crippen molar-refractivity contribution in [1.82, 2.24) is 0 Å². The summed E-state index contributed by atoms with van der Waals surface area (Å²) in [7, 11) is 0. The number of aliphatic hydroxyl groups is 2. The van der Waals surface area contributed by atoms with Gasteiger partial charge < -0.3 is 24.4 Å². The number of rotatable bonds is 2. The lowest BCUT2D eigenvalue weighted by Crippen LogP contribution is -2.32. The third-order valence-corrected chi connectivity index (χ3v) is 2.53. The summed E-state index contributed by atoms with van der Waals surface area (Å²) in [6.07, 6.45) is -1.20. The van der Waals surface area contributed by atoms with Crippen molar-refractivity contribution in [1.29, 1.82) is 0 Å². The molecule has 4 atom stereocenters. The highest BCUT2D eigenvalue weighted by molar-refractivity contribution is 4.87. The van der Waals surface area contributed by atoms with E-state index in [4.69, 9.17) is 19.3 Å². The molecule has 0 aliphatic carbocycles. The minimum atomic E-state index is -0.851. The molecule has 0 saturated carbocycles. The lowest BCUT2D eigenvalue weighted by molar-refractivity contribution is -0.215. The Morgan fingerprint density at radius 2 is 2.14 bits per heavy atom. The molecule has 0 aromatic carbocycles. The van der Waals surface area contributed by atoms with Crippen LogP contribution in [0.1, 0.15) is 20.3 Å². The largest absolute Gasteiger partial charge is 0.394 e. The zero-order chi connectivity index (χ0) is 10.3. The first-order valence-electron chi connectivity index (χ1n) is 4.82. The first kappa shape index (κ1) is 10.3. The zero-order valence-corrected chi connectivity index (χ0v) is 8.34. The third-order valence-electron chi connectivity index (χ3n) is 2.53. The molecule has 5 nitrogen and oxygen atoms in total. The second-order valence-electron chi connectivity index (χ2n) is 4.20. The summed E-state index contributed by atoms with van der Waals surface area (Å²) < 4.78 is 16.4. The highest BCUT2D eigenvalue weighted by Crippen LogP contribution is 2.37. The van der Waals surface area contributed by atoms with E-state index in [0.29, 0.717) is 6.42 Å². The number of hydrogen-bond donors (Lipinski definition) is 2. The maximum atomic E-state index is 9.36. The lowest BCUT2D eigenvalue weighted by atomic mass is 10.1. The van der Waals surface area contributed by atoms with Crippen LogP contribution in [0.4, 0.5) is 0 Å². The molecule has 2 aliphatic rings. The zero-order valence-electron chi connectivity index (χ0n) is 8.34. The molecule has 1 unspecified atom stereocenters. The van der Waals surface area contributed by atoms with E-state index in [2.05, 4.69) is 0 Å². The highest BCUT2D eigenvalue weighted by atomic mass is 16.8. The van der Waals surface area contributed by atoms with Crippen LogP contribution in [-0.2, 0) is 14.2 Å². The van der Waals surface area contributed by atoms with Gasteiger partial charge in [-0.15, -0.1) is 0 Å². The van der Waals surface area contributed by atoms with E-state index in [1.54, 1.807) is 0 Å². The Hall–Kier alpha value is -0.200. The van der Waals surface area contributed by atoms with Gasteiger partial charge in [0.25, 0.3) is 0 Å². The van der Waals surface area contributed by atoms with E-state index in [1.165, 1.54) is 0 Å². The van der Waals surface area contributed by atoms with Crippen molar-refractivity contribution < 1.29 is 24.4 Å². The first-order valence-corrected chi connectivity index (χ1v) is 4.82. The minimum Gasteiger partial charge on any atom is -0.394 e. The summed E-state index contributed by atoms with van der Waals surface area (Å²) in [6, 6.07) is 0. The van der Waals surface area contributed by atoms with Gasteiger partial charge in [-0.1, -0.05) is 0 Å². The standard InChI is InChI=1S/C9H16O5/c1-9(2)13-7-3-6(5(11)4-10)12-8(7)14-9/h5-8,10-11H,3-4H2,1-2H3/t5-,6?,7-,8-/m1/s1. The van der Waals surface area contributed by atoms with Crippen LogP contribution in [0, 0.1) is 0 Å².